The van der Waals surface area contributed by atoms with Crippen LogP contribution < -0.4 is 15.8 Å². The van der Waals surface area contributed by atoms with Gasteiger partial charge in [0.2, 0.25) is 15.9 Å². The zero-order valence-corrected chi connectivity index (χ0v) is 15.4. The first-order valence-electron chi connectivity index (χ1n) is 6.79. The number of sulfonamides is 1. The van der Waals surface area contributed by atoms with Crippen molar-refractivity contribution >= 4 is 28.3 Å². The summed E-state index contributed by atoms with van der Waals surface area (Å²) in [7, 11) is -2.42. The van der Waals surface area contributed by atoms with Crippen molar-refractivity contribution in [3.63, 3.8) is 0 Å². The van der Waals surface area contributed by atoms with Gasteiger partial charge in [-0.25, -0.2) is 17.2 Å². The summed E-state index contributed by atoms with van der Waals surface area (Å²) in [6, 6.07) is -1.23. The number of nitrogens with one attached hydrogen (secondary N) is 2. The van der Waals surface area contributed by atoms with E-state index in [1.54, 1.807) is 14.0 Å². The lowest BCUT2D eigenvalue weighted by Gasteiger charge is -2.18. The van der Waals surface area contributed by atoms with E-state index < -0.39 is 41.0 Å². The van der Waals surface area contributed by atoms with Gasteiger partial charge in [0.15, 0.2) is 0 Å². The fourth-order valence-corrected chi connectivity index (χ4v) is 3.57. The number of carbonyl (C=O) groups excluding carboxylic acids is 1. The Bertz CT molecular complexity index is 693. The fourth-order valence-electron chi connectivity index (χ4n) is 1.93. The number of alkyl halides is 2. The molecule has 0 spiro atoms. The van der Waals surface area contributed by atoms with E-state index in [1.165, 1.54) is 18.5 Å². The summed E-state index contributed by atoms with van der Waals surface area (Å²) < 4.78 is 54.2. The molecule has 0 aliphatic carbocycles. The number of aromatic nitrogens is 2. The van der Waals surface area contributed by atoms with E-state index in [2.05, 4.69) is 9.82 Å². The van der Waals surface area contributed by atoms with Gasteiger partial charge < -0.3 is 11.1 Å². The van der Waals surface area contributed by atoms with Crippen LogP contribution >= 0.6 is 12.4 Å². The molecule has 0 saturated carbocycles. The van der Waals surface area contributed by atoms with Crippen LogP contribution in [0.1, 0.15) is 18.3 Å². The lowest BCUT2D eigenvalue weighted by molar-refractivity contribution is -0.124. The topological polar surface area (TPSA) is 119 Å². The molecule has 0 radical (unpaired) electrons. The zero-order chi connectivity index (χ0) is 18.0. The van der Waals surface area contributed by atoms with Crippen molar-refractivity contribution in [2.75, 3.05) is 13.1 Å². The smallest absolute Gasteiger partial charge is 0.277 e. The van der Waals surface area contributed by atoms with Crippen LogP contribution in [0.25, 0.3) is 0 Å². The van der Waals surface area contributed by atoms with Crippen molar-refractivity contribution in [1.82, 2.24) is 19.8 Å². The molecule has 0 aliphatic rings. The van der Waals surface area contributed by atoms with Gasteiger partial charge in [0.05, 0.1) is 30.5 Å². The van der Waals surface area contributed by atoms with Crippen LogP contribution in [0.4, 0.5) is 8.78 Å². The van der Waals surface area contributed by atoms with Gasteiger partial charge >= 0.3 is 0 Å². The molecule has 1 rings (SSSR count). The molecule has 0 bridgehead atoms. The molecule has 140 valence electrons. The number of carbonyl (C=O) groups is 1. The third kappa shape index (κ3) is 5.36. The van der Waals surface area contributed by atoms with Gasteiger partial charge in [0.1, 0.15) is 4.90 Å². The Morgan fingerprint density at radius 2 is 1.96 bits per heavy atom. The summed E-state index contributed by atoms with van der Waals surface area (Å²) in [6.07, 6.45) is 0. The fraction of sp³-hybridized carbons (Fsp3) is 0.667. The maximum absolute atomic E-state index is 13.0. The molecule has 0 aliphatic heterocycles. The minimum atomic E-state index is -4.01. The summed E-state index contributed by atoms with van der Waals surface area (Å²) in [4.78, 5) is 11.7. The lowest BCUT2D eigenvalue weighted by atomic mass is 10.3. The van der Waals surface area contributed by atoms with Crippen molar-refractivity contribution in [2.45, 2.75) is 37.6 Å². The summed E-state index contributed by atoms with van der Waals surface area (Å²) in [6.45, 7) is 2.48. The summed E-state index contributed by atoms with van der Waals surface area (Å²) in [5, 5.41) is 5.96. The van der Waals surface area contributed by atoms with Gasteiger partial charge in [-0.05, 0) is 20.8 Å². The SMILES string of the molecule is Cc1nn(C)c(C)c1S(=O)(=O)NC(C)C(=O)NCC(F)(F)CN.Cl. The highest BCUT2D eigenvalue weighted by Crippen LogP contribution is 2.18. The largest absolute Gasteiger partial charge is 0.349 e. The Morgan fingerprint density at radius 1 is 1.42 bits per heavy atom. The zero-order valence-electron chi connectivity index (χ0n) is 13.8. The van der Waals surface area contributed by atoms with Gasteiger partial charge in [-0.1, -0.05) is 0 Å². The van der Waals surface area contributed by atoms with Gasteiger partial charge in [-0.3, -0.25) is 9.48 Å². The number of halogens is 3. The van der Waals surface area contributed by atoms with Crippen LogP contribution in [0.15, 0.2) is 4.90 Å². The molecular formula is C12H22ClF2N5O3S. The second-order valence-electron chi connectivity index (χ2n) is 5.24. The van der Waals surface area contributed by atoms with Crippen LogP contribution in [0.5, 0.6) is 0 Å². The Balaban J connectivity index is 0.00000529. The van der Waals surface area contributed by atoms with Gasteiger partial charge in [-0.15, -0.1) is 12.4 Å². The van der Waals surface area contributed by atoms with Gasteiger partial charge in [0, 0.05) is 7.05 Å². The second kappa shape index (κ2) is 8.19. The predicted molar refractivity (Wildman–Crippen MR) is 86.7 cm³/mol. The molecule has 0 fully saturated rings. The highest BCUT2D eigenvalue weighted by atomic mass is 35.5. The van der Waals surface area contributed by atoms with E-state index in [0.717, 1.165) is 0 Å². The quantitative estimate of drug-likeness (QED) is 0.598. The highest BCUT2D eigenvalue weighted by molar-refractivity contribution is 7.89. The van der Waals surface area contributed by atoms with E-state index in [1.807, 2.05) is 5.32 Å². The maximum Gasteiger partial charge on any atom is 0.277 e. The van der Waals surface area contributed by atoms with Crippen molar-refractivity contribution in [1.29, 1.82) is 0 Å². The molecule has 1 aromatic rings. The molecule has 1 heterocycles. The molecule has 1 amide bonds. The normalized spacial score (nSPS) is 13.3. The first-order chi connectivity index (χ1) is 10.4. The molecule has 1 atom stereocenters. The van der Waals surface area contributed by atoms with Crippen molar-refractivity contribution < 1.29 is 22.0 Å². The number of nitrogens with zero attached hydrogens (tertiary/aromatic N) is 2. The monoisotopic (exact) mass is 389 g/mol. The first-order valence-corrected chi connectivity index (χ1v) is 8.27. The molecule has 24 heavy (non-hydrogen) atoms. The Morgan fingerprint density at radius 3 is 2.38 bits per heavy atom. The molecule has 0 aromatic carbocycles. The standard InChI is InChI=1S/C12H21F2N5O3S.ClH/c1-7-10(9(3)19(4)17-7)23(21,22)18-8(2)11(20)16-6-12(13,14)5-15;/h8,18H,5-6,15H2,1-4H3,(H,16,20);1H. The number of amides is 1. The maximum atomic E-state index is 13.0. The summed E-state index contributed by atoms with van der Waals surface area (Å²) in [5.41, 5.74) is 5.54. The molecule has 0 saturated heterocycles. The summed E-state index contributed by atoms with van der Waals surface area (Å²) >= 11 is 0. The molecular weight excluding hydrogens is 368 g/mol. The van der Waals surface area contributed by atoms with E-state index in [-0.39, 0.29) is 23.0 Å². The number of hydrogen-bond acceptors (Lipinski definition) is 5. The molecule has 8 nitrogen and oxygen atoms in total. The van der Waals surface area contributed by atoms with E-state index in [4.69, 9.17) is 5.73 Å². The molecule has 1 unspecified atom stereocenters. The van der Waals surface area contributed by atoms with Crippen molar-refractivity contribution in [3.8, 4) is 0 Å². The van der Waals surface area contributed by atoms with Gasteiger partial charge in [0.25, 0.3) is 5.92 Å². The van der Waals surface area contributed by atoms with E-state index >= 15 is 0 Å². The van der Waals surface area contributed by atoms with Crippen LogP contribution in [0.3, 0.4) is 0 Å². The average Bonchev–Trinajstić information content (AvgIpc) is 2.69. The number of aryl methyl sites for hydroxylation is 2. The van der Waals surface area contributed by atoms with E-state index in [0.29, 0.717) is 5.69 Å². The Kier molecular flexibility index (Phi) is 7.74. The predicted octanol–water partition coefficient (Wildman–Crippen LogP) is -0.164. The number of rotatable bonds is 7. The van der Waals surface area contributed by atoms with Crippen molar-refractivity contribution in [2.24, 2.45) is 12.8 Å². The Labute approximate surface area is 145 Å². The number of hydrogen-bond donors (Lipinski definition) is 3. The first kappa shape index (κ1) is 22.7. The average molecular weight is 390 g/mol. The van der Waals surface area contributed by atoms with Gasteiger partial charge in [-0.2, -0.15) is 9.82 Å². The minimum Gasteiger partial charge on any atom is -0.349 e. The third-order valence-corrected chi connectivity index (χ3v) is 5.05. The highest BCUT2D eigenvalue weighted by Gasteiger charge is 2.30. The number of nitrogens with two attached hydrogens (primary N) is 1. The van der Waals surface area contributed by atoms with Crippen LogP contribution in [0, 0.1) is 13.8 Å². The molecule has 1 aromatic heterocycles. The van der Waals surface area contributed by atoms with E-state index in [9.17, 15) is 22.0 Å². The molecule has 4 N–H and O–H groups in total. The van der Waals surface area contributed by atoms with Crippen molar-refractivity contribution in [3.05, 3.63) is 11.4 Å². The third-order valence-electron chi connectivity index (χ3n) is 3.26. The summed E-state index contributed by atoms with van der Waals surface area (Å²) in [5.74, 6) is -4.12. The Hall–Kier alpha value is -1.30. The lowest BCUT2D eigenvalue weighted by Crippen LogP contribution is -2.49. The second-order valence-corrected chi connectivity index (χ2v) is 6.90. The molecule has 12 heteroatoms. The minimum absolute atomic E-state index is 0. The van der Waals surface area contributed by atoms with Crippen LogP contribution in [-0.4, -0.2) is 49.2 Å². The van der Waals surface area contributed by atoms with Crippen LogP contribution in [0.2, 0.25) is 0 Å². The van der Waals surface area contributed by atoms with Crippen LogP contribution in [-0.2, 0) is 21.9 Å².